The Balaban J connectivity index is 1.26. The van der Waals surface area contributed by atoms with Gasteiger partial charge < -0.3 is 26.0 Å². The first kappa shape index (κ1) is 34.1. The van der Waals surface area contributed by atoms with Crippen LogP contribution in [-0.2, 0) is 11.0 Å². The summed E-state index contributed by atoms with van der Waals surface area (Å²) in [6, 6.07) is 11.2. The summed E-state index contributed by atoms with van der Waals surface area (Å²) in [5.41, 5.74) is -0.713. The highest BCUT2D eigenvalue weighted by Gasteiger charge is 2.38. The number of nitrogens with one attached hydrogen (secondary N) is 4. The molecule has 15 heteroatoms. The fourth-order valence-corrected chi connectivity index (χ4v) is 6.12. The zero-order chi connectivity index (χ0) is 33.9. The van der Waals surface area contributed by atoms with Crippen LogP contribution in [0.4, 0.5) is 24.8 Å². The zero-order valence-electron chi connectivity index (χ0n) is 26.1. The third-order valence-electron chi connectivity index (χ3n) is 8.02. The summed E-state index contributed by atoms with van der Waals surface area (Å²) >= 11 is 6.38. The molecule has 1 fully saturated rings. The van der Waals surface area contributed by atoms with Gasteiger partial charge >= 0.3 is 6.18 Å². The number of halogens is 4. The maximum absolute atomic E-state index is 14.0. The number of carbonyl (C=O) groups excluding carboxylic acids is 2. The molecule has 47 heavy (non-hydrogen) atoms. The summed E-state index contributed by atoms with van der Waals surface area (Å²) in [5.74, 6) is -0.749. The van der Waals surface area contributed by atoms with Crippen molar-refractivity contribution >= 4 is 46.0 Å². The second-order valence-electron chi connectivity index (χ2n) is 12.4. The number of hydrogen-bond acceptors (Lipinski definition) is 8. The molecule has 0 aliphatic heterocycles. The quantitative estimate of drug-likeness (QED) is 0.149. The average molecular weight is 673 g/mol. The number of fused-ring (bicyclic) bond motifs is 1. The molecule has 3 atom stereocenters. The number of carbonyl (C=O) groups is 2. The fraction of sp³-hybridized carbons (Fsp3) is 0.406. The van der Waals surface area contributed by atoms with E-state index in [0.29, 0.717) is 48.0 Å². The van der Waals surface area contributed by atoms with E-state index in [1.165, 1.54) is 12.1 Å². The lowest BCUT2D eigenvalue weighted by atomic mass is 9.80. The number of aliphatic hydroxyl groups is 1. The largest absolute Gasteiger partial charge is 0.420 e. The number of benzene rings is 2. The second-order valence-corrected chi connectivity index (χ2v) is 12.8. The summed E-state index contributed by atoms with van der Waals surface area (Å²) in [6.45, 7) is 2.24. The summed E-state index contributed by atoms with van der Waals surface area (Å²) in [5, 5.41) is 26.5. The van der Waals surface area contributed by atoms with Gasteiger partial charge in [0.05, 0.1) is 28.8 Å². The van der Waals surface area contributed by atoms with Crippen LogP contribution in [0.2, 0.25) is 5.02 Å². The number of aromatic amines is 1. The Kier molecular flexibility index (Phi) is 10.0. The minimum Gasteiger partial charge on any atom is -0.391 e. The summed E-state index contributed by atoms with van der Waals surface area (Å²) in [7, 11) is 3.58. The molecule has 5 rings (SSSR count). The molecule has 2 aromatic heterocycles. The van der Waals surface area contributed by atoms with Gasteiger partial charge in [-0.25, -0.2) is 9.97 Å². The van der Waals surface area contributed by atoms with Crippen LogP contribution in [0.1, 0.15) is 54.9 Å². The number of amides is 2. The van der Waals surface area contributed by atoms with Crippen molar-refractivity contribution < 1.29 is 27.9 Å². The van der Waals surface area contributed by atoms with Gasteiger partial charge in [0.15, 0.2) is 0 Å². The zero-order valence-corrected chi connectivity index (χ0v) is 26.8. The van der Waals surface area contributed by atoms with Crippen molar-refractivity contribution in [2.24, 2.45) is 0 Å². The Labute approximate surface area is 274 Å². The van der Waals surface area contributed by atoms with Crippen LogP contribution in [0.5, 0.6) is 0 Å². The van der Waals surface area contributed by atoms with E-state index in [2.05, 4.69) is 36.1 Å². The predicted octanol–water partition coefficient (Wildman–Crippen LogP) is 5.49. The normalized spacial score (nSPS) is 19.0. The monoisotopic (exact) mass is 672 g/mol. The van der Waals surface area contributed by atoms with Gasteiger partial charge in [0.25, 0.3) is 5.91 Å². The molecule has 1 saturated carbocycles. The molecule has 250 valence electrons. The number of para-hydroxylation sites is 1. The molecular weight excluding hydrogens is 637 g/mol. The third kappa shape index (κ3) is 8.37. The highest BCUT2D eigenvalue weighted by atomic mass is 35.5. The number of aromatic nitrogens is 4. The number of hydrogen-bond donors (Lipinski definition) is 5. The van der Waals surface area contributed by atoms with Crippen LogP contribution >= 0.6 is 11.6 Å². The van der Waals surface area contributed by atoms with Crippen molar-refractivity contribution in [3.63, 3.8) is 0 Å². The van der Waals surface area contributed by atoms with Gasteiger partial charge in [-0.2, -0.15) is 18.3 Å². The van der Waals surface area contributed by atoms with Crippen molar-refractivity contribution in [1.82, 2.24) is 30.4 Å². The molecule has 11 nitrogen and oxygen atoms in total. The number of anilines is 2. The molecule has 1 aliphatic carbocycles. The minimum absolute atomic E-state index is 0.0271. The van der Waals surface area contributed by atoms with Crippen molar-refractivity contribution in [3.05, 3.63) is 64.8 Å². The van der Waals surface area contributed by atoms with Crippen LogP contribution in [0.3, 0.4) is 0 Å². The number of H-pyrrole nitrogens is 1. The lowest BCUT2D eigenvalue weighted by Gasteiger charge is -2.39. The lowest BCUT2D eigenvalue weighted by Crippen LogP contribution is -2.51. The number of nitrogens with zero attached hydrogens (tertiary/aromatic N) is 4. The Morgan fingerprint density at radius 2 is 1.96 bits per heavy atom. The highest BCUT2D eigenvalue weighted by Crippen LogP contribution is 2.38. The lowest BCUT2D eigenvalue weighted by molar-refractivity contribution is -0.137. The van der Waals surface area contributed by atoms with E-state index in [9.17, 15) is 27.9 Å². The van der Waals surface area contributed by atoms with Crippen LogP contribution in [0.15, 0.2) is 48.7 Å². The van der Waals surface area contributed by atoms with Gasteiger partial charge in [-0.1, -0.05) is 29.8 Å². The fourth-order valence-electron chi connectivity index (χ4n) is 5.89. The molecule has 2 aromatic carbocycles. The first-order valence-corrected chi connectivity index (χ1v) is 15.5. The van der Waals surface area contributed by atoms with Crippen molar-refractivity contribution in [1.29, 1.82) is 0 Å². The molecule has 1 unspecified atom stereocenters. The van der Waals surface area contributed by atoms with E-state index < -0.39 is 29.3 Å². The van der Waals surface area contributed by atoms with Crippen LogP contribution < -0.4 is 16.0 Å². The Bertz CT molecular complexity index is 1770. The van der Waals surface area contributed by atoms with E-state index in [0.717, 1.165) is 12.6 Å². The number of likely N-dealkylation sites (N-methyl/N-ethyl adjacent to an activating group) is 1. The van der Waals surface area contributed by atoms with E-state index in [4.69, 9.17) is 11.6 Å². The summed E-state index contributed by atoms with van der Waals surface area (Å²) in [4.78, 5) is 35.6. The molecule has 0 bridgehead atoms. The SMILES string of the molecule is CN(C)CC(O)CC(=O)Nc1ccc(C(=O)N[C@@]2(C)CCC[C@@H](Nc3ncc(C(F)(F)F)c(-c4n[nH]c5ccccc45)n3)C2)cc1Cl. The molecule has 1 aliphatic rings. The molecule has 2 amide bonds. The van der Waals surface area contributed by atoms with E-state index in [1.807, 2.05) is 6.92 Å². The van der Waals surface area contributed by atoms with Crippen LogP contribution in [0, 0.1) is 0 Å². The second kappa shape index (κ2) is 13.8. The summed E-state index contributed by atoms with van der Waals surface area (Å²) in [6.07, 6.45) is -2.32. The van der Waals surface area contributed by atoms with Gasteiger partial charge in [0, 0.05) is 35.3 Å². The Hall–Kier alpha value is -4.27. The topological polar surface area (TPSA) is 148 Å². The molecule has 0 spiro atoms. The number of aliphatic hydroxyl groups excluding tert-OH is 1. The van der Waals surface area contributed by atoms with Crippen molar-refractivity contribution in [2.75, 3.05) is 31.3 Å². The standard InChI is InChI=1S/C32H36ClF3N8O3/c1-31(41-29(47)18-10-11-25(23(33)13-18)39-26(46)14-20(45)17-44(2)3)12-6-7-19(15-31)38-30-37-16-22(32(34,35)36)28(40-30)27-21-8-4-5-9-24(21)42-43-27/h4-5,8-11,13,16,19-20,45H,6-7,12,14-15,17H2,1-3H3,(H,39,46)(H,41,47)(H,42,43)(H,37,38,40)/t19-,20?,31+/m1/s1. The number of rotatable bonds is 10. The number of alkyl halides is 3. The van der Waals surface area contributed by atoms with Gasteiger partial charge in [-0.3, -0.25) is 14.7 Å². The summed E-state index contributed by atoms with van der Waals surface area (Å²) < 4.78 is 41.9. The van der Waals surface area contributed by atoms with Crippen LogP contribution in [-0.4, -0.2) is 80.3 Å². The van der Waals surface area contributed by atoms with Gasteiger partial charge in [-0.05, 0) is 71.0 Å². The molecular formula is C32H36ClF3N8O3. The highest BCUT2D eigenvalue weighted by molar-refractivity contribution is 6.34. The Morgan fingerprint density at radius 1 is 1.19 bits per heavy atom. The molecule has 0 saturated heterocycles. The molecule has 5 N–H and O–H groups in total. The smallest absolute Gasteiger partial charge is 0.391 e. The molecule has 4 aromatic rings. The van der Waals surface area contributed by atoms with Crippen LogP contribution in [0.25, 0.3) is 22.3 Å². The van der Waals surface area contributed by atoms with E-state index >= 15 is 0 Å². The Morgan fingerprint density at radius 3 is 2.68 bits per heavy atom. The first-order chi connectivity index (χ1) is 22.2. The maximum atomic E-state index is 14.0. The first-order valence-electron chi connectivity index (χ1n) is 15.1. The molecule has 0 radical (unpaired) electrons. The molecule has 2 heterocycles. The van der Waals surface area contributed by atoms with E-state index in [-0.39, 0.29) is 40.7 Å². The van der Waals surface area contributed by atoms with Gasteiger partial charge in [-0.15, -0.1) is 0 Å². The van der Waals surface area contributed by atoms with Crippen molar-refractivity contribution in [2.45, 2.75) is 62.9 Å². The maximum Gasteiger partial charge on any atom is 0.420 e. The third-order valence-corrected chi connectivity index (χ3v) is 8.33. The predicted molar refractivity (Wildman–Crippen MR) is 173 cm³/mol. The van der Waals surface area contributed by atoms with Crippen molar-refractivity contribution in [3.8, 4) is 11.4 Å². The minimum atomic E-state index is -4.69. The average Bonchev–Trinajstić information content (AvgIpc) is 3.41. The van der Waals surface area contributed by atoms with E-state index in [1.54, 1.807) is 49.3 Å². The van der Waals surface area contributed by atoms with Gasteiger partial charge in [0.1, 0.15) is 17.0 Å². The van der Waals surface area contributed by atoms with Gasteiger partial charge in [0.2, 0.25) is 11.9 Å².